The number of likely N-dealkylation sites (N-methyl/N-ethyl adjacent to an activating group) is 1. The van der Waals surface area contributed by atoms with E-state index in [1.54, 1.807) is 12.1 Å². The Bertz CT molecular complexity index is 1400. The van der Waals surface area contributed by atoms with E-state index in [2.05, 4.69) is 15.6 Å². The van der Waals surface area contributed by atoms with Crippen molar-refractivity contribution >= 4 is 46.3 Å². The van der Waals surface area contributed by atoms with Gasteiger partial charge in [-0.1, -0.05) is 23.7 Å². The van der Waals surface area contributed by atoms with Crippen molar-refractivity contribution in [2.24, 2.45) is 5.73 Å². The molecule has 0 aliphatic carbocycles. The largest absolute Gasteiger partial charge is 0.480 e. The smallest absolute Gasteiger partial charge is 0.412 e. The molecule has 0 aliphatic heterocycles. The molecular weight excluding hydrogens is 564 g/mol. The van der Waals surface area contributed by atoms with Crippen molar-refractivity contribution in [3.63, 3.8) is 0 Å². The third-order valence-electron chi connectivity index (χ3n) is 6.39. The predicted octanol–water partition coefficient (Wildman–Crippen LogP) is 3.87. The average Bonchev–Trinajstić information content (AvgIpc) is 2.94. The number of benzene rings is 2. The van der Waals surface area contributed by atoms with Gasteiger partial charge in [0.1, 0.15) is 30.1 Å². The fourth-order valence-electron chi connectivity index (χ4n) is 3.93. The monoisotopic (exact) mass is 593 g/mol. The number of aliphatic hydroxyl groups is 1. The Kier molecular flexibility index (Phi) is 11.1. The predicted molar refractivity (Wildman–Crippen MR) is 147 cm³/mol. The van der Waals surface area contributed by atoms with E-state index in [1.807, 2.05) is 0 Å². The Morgan fingerprint density at radius 3 is 2.63 bits per heavy atom. The number of halogens is 3. The molecule has 1 heterocycles. The highest BCUT2D eigenvalue weighted by molar-refractivity contribution is 6.31. The zero-order valence-corrected chi connectivity index (χ0v) is 22.8. The molecule has 11 nitrogen and oxygen atoms in total. The number of aliphatic carboxylic acids is 1. The Morgan fingerprint density at radius 1 is 1.15 bits per heavy atom. The third-order valence-corrected chi connectivity index (χ3v) is 6.81. The minimum atomic E-state index is -1.48. The number of nitrogens with two attached hydrogens (primary N) is 1. The van der Waals surface area contributed by atoms with Gasteiger partial charge in [-0.15, -0.1) is 0 Å². The van der Waals surface area contributed by atoms with Gasteiger partial charge in [-0.05, 0) is 60.5 Å². The quantitative estimate of drug-likeness (QED) is 0.211. The summed E-state index contributed by atoms with van der Waals surface area (Å²) in [5.74, 6) is -2.32. The normalized spacial score (nSPS) is 13.2. The molecule has 0 saturated heterocycles. The molecule has 2 aromatic carbocycles. The number of nitrogens with one attached hydrogen (secondary N) is 2. The van der Waals surface area contributed by atoms with Crippen LogP contribution in [0.2, 0.25) is 5.02 Å². The standard InChI is InChI=1S/C27H30ClF2N5O6/c1-35(26(39)33-13-16-4-2-6-20(30)23(16)28)19(5-3-7-21(36)24(31)25(37)38)14-41-27(40)34-22-11-17-10-18(29)9-8-15(17)12-32-22/h2,4,6,8-12,19,21,24,36H,3,5,7,13-14,31H2,1H3,(H,33,39)(H,37,38)(H,32,34,40)/t19-,21?,24+/m0/s1. The van der Waals surface area contributed by atoms with E-state index >= 15 is 0 Å². The first-order chi connectivity index (χ1) is 19.5. The summed E-state index contributed by atoms with van der Waals surface area (Å²) < 4.78 is 32.6. The fourth-order valence-corrected chi connectivity index (χ4v) is 4.13. The van der Waals surface area contributed by atoms with Crippen LogP contribution >= 0.6 is 11.6 Å². The molecule has 220 valence electrons. The molecule has 1 unspecified atom stereocenters. The van der Waals surface area contributed by atoms with Crippen molar-refractivity contribution in [3.05, 3.63) is 70.9 Å². The summed E-state index contributed by atoms with van der Waals surface area (Å²) >= 11 is 5.95. The molecule has 3 rings (SSSR count). The molecule has 0 saturated carbocycles. The molecule has 3 aromatic rings. The molecule has 3 amide bonds. The SMILES string of the molecule is CN(C(=O)NCc1cccc(F)c1Cl)[C@@H](CCCC(O)[C@@H](N)C(=O)O)COC(=O)Nc1cc2cc(F)ccc2cn1. The lowest BCUT2D eigenvalue weighted by molar-refractivity contribution is -0.141. The van der Waals surface area contributed by atoms with Gasteiger partial charge in [-0.2, -0.15) is 0 Å². The third kappa shape index (κ3) is 8.96. The number of aliphatic hydroxyl groups excluding tert-OH is 1. The van der Waals surface area contributed by atoms with Crippen LogP contribution in [-0.2, 0) is 16.1 Å². The molecule has 0 fully saturated rings. The van der Waals surface area contributed by atoms with Crippen LogP contribution < -0.4 is 16.4 Å². The molecule has 6 N–H and O–H groups in total. The molecule has 1 aromatic heterocycles. The van der Waals surface area contributed by atoms with E-state index in [9.17, 15) is 28.3 Å². The van der Waals surface area contributed by atoms with E-state index in [4.69, 9.17) is 27.2 Å². The highest BCUT2D eigenvalue weighted by Gasteiger charge is 2.25. The number of hydrogen-bond donors (Lipinski definition) is 5. The summed E-state index contributed by atoms with van der Waals surface area (Å²) in [5.41, 5.74) is 5.81. The van der Waals surface area contributed by atoms with Gasteiger partial charge in [-0.3, -0.25) is 10.1 Å². The number of rotatable bonds is 12. The zero-order valence-electron chi connectivity index (χ0n) is 22.0. The van der Waals surface area contributed by atoms with Gasteiger partial charge in [-0.25, -0.2) is 23.4 Å². The summed E-state index contributed by atoms with van der Waals surface area (Å²) in [6.07, 6.45) is -0.287. The second kappa shape index (κ2) is 14.5. The van der Waals surface area contributed by atoms with Gasteiger partial charge in [0.15, 0.2) is 0 Å². The van der Waals surface area contributed by atoms with Crippen LogP contribution in [0.25, 0.3) is 10.8 Å². The number of carbonyl (C=O) groups is 3. The van der Waals surface area contributed by atoms with Crippen molar-refractivity contribution in [1.82, 2.24) is 15.2 Å². The summed E-state index contributed by atoms with van der Waals surface area (Å²) in [6.45, 7) is -0.353. The van der Waals surface area contributed by atoms with Gasteiger partial charge in [0.2, 0.25) is 0 Å². The lowest BCUT2D eigenvalue weighted by atomic mass is 10.0. The maximum absolute atomic E-state index is 13.7. The van der Waals surface area contributed by atoms with E-state index in [0.29, 0.717) is 16.3 Å². The van der Waals surface area contributed by atoms with Crippen molar-refractivity contribution in [3.8, 4) is 0 Å². The topological polar surface area (TPSA) is 167 Å². The van der Waals surface area contributed by atoms with Gasteiger partial charge in [0.05, 0.1) is 17.2 Å². The summed E-state index contributed by atoms with van der Waals surface area (Å²) in [7, 11) is 1.45. The van der Waals surface area contributed by atoms with E-state index < -0.39 is 47.9 Å². The first-order valence-electron chi connectivity index (χ1n) is 12.6. The summed E-state index contributed by atoms with van der Waals surface area (Å²) in [6, 6.07) is 7.03. The Hall–Kier alpha value is -4.07. The number of amides is 3. The summed E-state index contributed by atoms with van der Waals surface area (Å²) in [4.78, 5) is 41.8. The van der Waals surface area contributed by atoms with Gasteiger partial charge < -0.3 is 30.9 Å². The molecule has 14 heteroatoms. The molecule has 41 heavy (non-hydrogen) atoms. The number of carboxylic acids is 1. The molecule has 3 atom stereocenters. The molecule has 0 radical (unpaired) electrons. The van der Waals surface area contributed by atoms with E-state index in [0.717, 1.165) is 0 Å². The van der Waals surface area contributed by atoms with Crippen LogP contribution in [-0.4, -0.2) is 70.0 Å². The first kappa shape index (κ1) is 31.5. The summed E-state index contributed by atoms with van der Waals surface area (Å²) in [5, 5.41) is 25.1. The average molecular weight is 594 g/mol. The number of carboxylic acid groups (broad SMARTS) is 1. The number of aromatic nitrogens is 1. The van der Waals surface area contributed by atoms with Crippen LogP contribution in [0.15, 0.2) is 48.7 Å². The Balaban J connectivity index is 1.63. The highest BCUT2D eigenvalue weighted by Crippen LogP contribution is 2.20. The Labute approximate surface area is 239 Å². The van der Waals surface area contributed by atoms with Crippen LogP contribution in [0.3, 0.4) is 0 Å². The molecule has 0 spiro atoms. The van der Waals surface area contributed by atoms with Crippen LogP contribution in [0.4, 0.5) is 24.2 Å². The number of pyridine rings is 1. The van der Waals surface area contributed by atoms with Crippen LogP contribution in [0.1, 0.15) is 24.8 Å². The van der Waals surface area contributed by atoms with Gasteiger partial charge in [0, 0.05) is 25.2 Å². The van der Waals surface area contributed by atoms with Crippen molar-refractivity contribution < 1.29 is 38.1 Å². The first-order valence-corrected chi connectivity index (χ1v) is 12.9. The van der Waals surface area contributed by atoms with Gasteiger partial charge in [0.25, 0.3) is 0 Å². The zero-order chi connectivity index (χ0) is 30.1. The van der Waals surface area contributed by atoms with Crippen LogP contribution in [0.5, 0.6) is 0 Å². The van der Waals surface area contributed by atoms with Crippen LogP contribution in [0, 0.1) is 11.6 Å². The molecular formula is C27H30ClF2N5O6. The fraction of sp³-hybridized carbons (Fsp3) is 0.333. The second-order valence-corrected chi connectivity index (χ2v) is 9.66. The minimum absolute atomic E-state index is 0.0160. The number of nitrogens with zero attached hydrogens (tertiary/aromatic N) is 2. The number of fused-ring (bicyclic) bond motifs is 1. The maximum Gasteiger partial charge on any atom is 0.412 e. The second-order valence-electron chi connectivity index (χ2n) is 9.28. The molecule has 0 aliphatic rings. The highest BCUT2D eigenvalue weighted by atomic mass is 35.5. The lowest BCUT2D eigenvalue weighted by Crippen LogP contribution is -2.46. The van der Waals surface area contributed by atoms with Gasteiger partial charge >= 0.3 is 18.1 Å². The minimum Gasteiger partial charge on any atom is -0.480 e. The number of urea groups is 1. The number of ether oxygens (including phenoxy) is 1. The van der Waals surface area contributed by atoms with E-state index in [-0.39, 0.29) is 43.3 Å². The van der Waals surface area contributed by atoms with E-state index in [1.165, 1.54) is 48.5 Å². The van der Waals surface area contributed by atoms with Crippen molar-refractivity contribution in [2.45, 2.75) is 44.0 Å². The number of hydrogen-bond acceptors (Lipinski definition) is 7. The van der Waals surface area contributed by atoms with Crippen molar-refractivity contribution in [2.75, 3.05) is 19.0 Å². The number of anilines is 1. The Morgan fingerprint density at radius 2 is 1.90 bits per heavy atom. The maximum atomic E-state index is 13.7. The lowest BCUT2D eigenvalue weighted by Gasteiger charge is -2.28. The molecule has 0 bridgehead atoms. The van der Waals surface area contributed by atoms with Crippen molar-refractivity contribution in [1.29, 1.82) is 0 Å². The number of carbonyl (C=O) groups excluding carboxylic acids is 2.